The van der Waals surface area contributed by atoms with E-state index >= 15 is 0 Å². The molecule has 0 radical (unpaired) electrons. The van der Waals surface area contributed by atoms with Crippen LogP contribution < -0.4 is 0 Å². The van der Waals surface area contributed by atoms with Gasteiger partial charge >= 0.3 is 11.9 Å². The van der Waals surface area contributed by atoms with Crippen molar-refractivity contribution in [2.24, 2.45) is 0 Å². The first-order valence-corrected chi connectivity index (χ1v) is 10.7. The van der Waals surface area contributed by atoms with E-state index in [1.54, 1.807) is 0 Å². The summed E-state index contributed by atoms with van der Waals surface area (Å²) < 4.78 is 5.50. The zero-order chi connectivity index (χ0) is 19.5. The minimum atomic E-state index is -0.729. The Morgan fingerprint density at radius 1 is 0.885 bits per heavy atom. The number of hydrogen-bond acceptors (Lipinski definition) is 3. The van der Waals surface area contributed by atoms with Gasteiger partial charge in [-0.05, 0) is 38.2 Å². The Hall–Kier alpha value is -1.32. The molecule has 0 bridgehead atoms. The van der Waals surface area contributed by atoms with Crippen molar-refractivity contribution >= 4 is 11.9 Å². The summed E-state index contributed by atoms with van der Waals surface area (Å²) in [6, 6.07) is 0. The van der Waals surface area contributed by atoms with Crippen molar-refractivity contribution in [1.82, 2.24) is 0 Å². The molecule has 0 aromatic rings. The molecular formula is C22H40O4. The van der Waals surface area contributed by atoms with Crippen molar-refractivity contribution in [3.63, 3.8) is 0 Å². The molecule has 0 aliphatic rings. The molecule has 152 valence electrons. The first-order chi connectivity index (χ1) is 12.6. The van der Waals surface area contributed by atoms with E-state index in [1.165, 1.54) is 44.9 Å². The molecule has 0 rings (SSSR count). The van der Waals surface area contributed by atoms with Gasteiger partial charge in [0.25, 0.3) is 0 Å². The number of unbranched alkanes of at least 4 members (excludes halogenated alkanes) is 10. The van der Waals surface area contributed by atoms with Crippen molar-refractivity contribution in [3.8, 4) is 0 Å². The van der Waals surface area contributed by atoms with Crippen LogP contribution in [-0.2, 0) is 14.3 Å². The summed E-state index contributed by atoms with van der Waals surface area (Å²) in [6.45, 7) is 4.05. The molecule has 0 amide bonds. The molecule has 0 heterocycles. The predicted octanol–water partition coefficient (Wildman–Crippen LogP) is 6.43. The van der Waals surface area contributed by atoms with Crippen LogP contribution in [-0.4, -0.2) is 23.1 Å². The quantitative estimate of drug-likeness (QED) is 0.172. The van der Waals surface area contributed by atoms with Crippen LogP contribution in [0.25, 0.3) is 0 Å². The van der Waals surface area contributed by atoms with E-state index in [1.807, 2.05) is 13.0 Å². The van der Waals surface area contributed by atoms with E-state index in [4.69, 9.17) is 9.84 Å². The van der Waals surface area contributed by atoms with Crippen molar-refractivity contribution < 1.29 is 19.4 Å². The highest BCUT2D eigenvalue weighted by molar-refractivity contribution is 5.69. The minimum absolute atomic E-state index is 0.133. The fraction of sp³-hybridized carbons (Fsp3) is 0.818. The van der Waals surface area contributed by atoms with E-state index in [-0.39, 0.29) is 18.5 Å². The van der Waals surface area contributed by atoms with E-state index in [9.17, 15) is 9.59 Å². The number of rotatable bonds is 18. The number of carbonyl (C=O) groups excluding carboxylic acids is 1. The molecule has 26 heavy (non-hydrogen) atoms. The minimum Gasteiger partial charge on any atom is -0.481 e. The van der Waals surface area contributed by atoms with Crippen LogP contribution in [0.2, 0.25) is 0 Å². The van der Waals surface area contributed by atoms with Crippen LogP contribution in [0.4, 0.5) is 0 Å². The van der Waals surface area contributed by atoms with Gasteiger partial charge in [-0.25, -0.2) is 0 Å². The lowest BCUT2D eigenvalue weighted by molar-refractivity contribution is -0.146. The molecule has 0 fully saturated rings. The van der Waals surface area contributed by atoms with Crippen molar-refractivity contribution in [3.05, 3.63) is 12.2 Å². The average Bonchev–Trinajstić information content (AvgIpc) is 2.62. The van der Waals surface area contributed by atoms with E-state index in [0.717, 1.165) is 38.5 Å². The standard InChI is InChI=1S/C22H40O4/c1-3-5-6-7-8-9-10-11-14-17-20(26-22(25)4-2)18-15-12-13-16-19-21(23)24/h14,17,20H,3-13,15-16,18-19H2,1-2H3,(H,23,24)/b17-14-. The summed E-state index contributed by atoms with van der Waals surface area (Å²) in [6.07, 6.45) is 19.3. The Balaban J connectivity index is 3.91. The van der Waals surface area contributed by atoms with Gasteiger partial charge in [0.15, 0.2) is 0 Å². The lowest BCUT2D eigenvalue weighted by Crippen LogP contribution is -2.15. The molecule has 0 aromatic carbocycles. The molecule has 0 saturated carbocycles. The second-order valence-corrected chi connectivity index (χ2v) is 7.07. The van der Waals surface area contributed by atoms with E-state index < -0.39 is 5.97 Å². The highest BCUT2D eigenvalue weighted by Gasteiger charge is 2.09. The lowest BCUT2D eigenvalue weighted by atomic mass is 10.1. The van der Waals surface area contributed by atoms with Gasteiger partial charge in [-0.3, -0.25) is 9.59 Å². The maximum atomic E-state index is 11.6. The number of carboxylic acid groups (broad SMARTS) is 1. The first-order valence-electron chi connectivity index (χ1n) is 10.7. The van der Waals surface area contributed by atoms with Crippen LogP contribution in [0, 0.1) is 0 Å². The summed E-state index contributed by atoms with van der Waals surface area (Å²) in [5, 5.41) is 8.63. The summed E-state index contributed by atoms with van der Waals surface area (Å²) in [5.41, 5.74) is 0. The number of ether oxygens (including phenoxy) is 1. The molecule has 1 atom stereocenters. The SMILES string of the molecule is CCCCCCCCC/C=C\C(CCCCCCC(=O)O)OC(=O)CC. The fourth-order valence-corrected chi connectivity index (χ4v) is 2.89. The third-order valence-electron chi connectivity index (χ3n) is 4.53. The number of carboxylic acids is 1. The van der Waals surface area contributed by atoms with Crippen molar-refractivity contribution in [1.29, 1.82) is 0 Å². The number of aliphatic carboxylic acids is 1. The molecule has 4 nitrogen and oxygen atoms in total. The molecule has 0 saturated heterocycles. The number of allylic oxidation sites excluding steroid dienone is 1. The molecule has 0 aromatic heterocycles. The molecule has 1 N–H and O–H groups in total. The monoisotopic (exact) mass is 368 g/mol. The molecule has 1 unspecified atom stereocenters. The van der Waals surface area contributed by atoms with Crippen LogP contribution in [0.1, 0.15) is 110 Å². The molecule has 0 aliphatic carbocycles. The number of esters is 1. The van der Waals surface area contributed by atoms with Crippen molar-refractivity contribution in [2.75, 3.05) is 0 Å². The topological polar surface area (TPSA) is 63.6 Å². The highest BCUT2D eigenvalue weighted by atomic mass is 16.5. The molecule has 0 aliphatic heterocycles. The lowest BCUT2D eigenvalue weighted by Gasteiger charge is -2.14. The van der Waals surface area contributed by atoms with E-state index in [0.29, 0.717) is 6.42 Å². The summed E-state index contributed by atoms with van der Waals surface area (Å²) in [5.74, 6) is -0.880. The largest absolute Gasteiger partial charge is 0.481 e. The summed E-state index contributed by atoms with van der Waals surface area (Å²) in [7, 11) is 0. The first kappa shape index (κ1) is 24.7. The van der Waals surface area contributed by atoms with Crippen molar-refractivity contribution in [2.45, 2.75) is 116 Å². The maximum Gasteiger partial charge on any atom is 0.306 e. The highest BCUT2D eigenvalue weighted by Crippen LogP contribution is 2.13. The molecular weight excluding hydrogens is 328 g/mol. The maximum absolute atomic E-state index is 11.6. The molecule has 4 heteroatoms. The zero-order valence-corrected chi connectivity index (χ0v) is 17.0. The fourth-order valence-electron chi connectivity index (χ4n) is 2.89. The van der Waals surface area contributed by atoms with Crippen LogP contribution in [0.3, 0.4) is 0 Å². The van der Waals surface area contributed by atoms with E-state index in [2.05, 4.69) is 13.0 Å². The molecule has 0 spiro atoms. The Morgan fingerprint density at radius 3 is 2.15 bits per heavy atom. The third kappa shape index (κ3) is 17.5. The van der Waals surface area contributed by atoms with Gasteiger partial charge in [0.1, 0.15) is 6.10 Å². The predicted molar refractivity (Wildman–Crippen MR) is 107 cm³/mol. The van der Waals surface area contributed by atoms with Gasteiger partial charge in [0, 0.05) is 12.8 Å². The normalized spacial score (nSPS) is 12.4. The van der Waals surface area contributed by atoms with Gasteiger partial charge in [0.2, 0.25) is 0 Å². The van der Waals surface area contributed by atoms with Gasteiger partial charge in [-0.15, -0.1) is 0 Å². The summed E-state index contributed by atoms with van der Waals surface area (Å²) >= 11 is 0. The third-order valence-corrected chi connectivity index (χ3v) is 4.53. The number of hydrogen-bond donors (Lipinski definition) is 1. The second kappa shape index (κ2) is 18.5. The second-order valence-electron chi connectivity index (χ2n) is 7.07. The van der Waals surface area contributed by atoms with Crippen LogP contribution in [0.15, 0.2) is 12.2 Å². The Labute approximate surface area is 160 Å². The zero-order valence-electron chi connectivity index (χ0n) is 17.0. The smallest absolute Gasteiger partial charge is 0.306 e. The Morgan fingerprint density at radius 2 is 1.50 bits per heavy atom. The Bertz CT molecular complexity index is 376. The average molecular weight is 369 g/mol. The van der Waals surface area contributed by atoms with Gasteiger partial charge in [0.05, 0.1) is 0 Å². The van der Waals surface area contributed by atoms with Crippen LogP contribution in [0.5, 0.6) is 0 Å². The van der Waals surface area contributed by atoms with Gasteiger partial charge in [-0.1, -0.05) is 71.3 Å². The van der Waals surface area contributed by atoms with Crippen LogP contribution >= 0.6 is 0 Å². The number of carbonyl (C=O) groups is 2. The Kier molecular flexibility index (Phi) is 17.5. The van der Waals surface area contributed by atoms with Gasteiger partial charge in [-0.2, -0.15) is 0 Å². The van der Waals surface area contributed by atoms with Gasteiger partial charge < -0.3 is 9.84 Å². The summed E-state index contributed by atoms with van der Waals surface area (Å²) in [4.78, 5) is 22.1.